The minimum Gasteiger partial charge on any atom is -0.474 e. The second kappa shape index (κ2) is 8.82. The number of carbonyl (C=O) groups is 1. The lowest BCUT2D eigenvalue weighted by Gasteiger charge is -2.29. The summed E-state index contributed by atoms with van der Waals surface area (Å²) in [5.41, 5.74) is -0.0118. The average molecular weight is 404 g/mol. The molecule has 0 unspecified atom stereocenters. The summed E-state index contributed by atoms with van der Waals surface area (Å²) in [7, 11) is 0. The summed E-state index contributed by atoms with van der Waals surface area (Å²) in [4.78, 5) is 16.2. The number of amides is 2. The zero-order chi connectivity index (χ0) is 20.9. The van der Waals surface area contributed by atoms with E-state index in [9.17, 15) is 18.0 Å². The van der Waals surface area contributed by atoms with Crippen LogP contribution in [0.25, 0.3) is 0 Å². The van der Waals surface area contributed by atoms with E-state index >= 15 is 0 Å². The van der Waals surface area contributed by atoms with Gasteiger partial charge in [0.25, 0.3) is 0 Å². The number of carbonyl (C=O) groups excluding carboxylic acids is 1. The molecule has 1 aliphatic carbocycles. The average Bonchev–Trinajstić information content (AvgIpc) is 2.70. The Morgan fingerprint density at radius 1 is 1.10 bits per heavy atom. The molecule has 1 fully saturated rings. The first-order valence-corrected chi connectivity index (χ1v) is 9.11. The monoisotopic (exact) mass is 404 g/mol. The molecule has 1 saturated carbocycles. The Morgan fingerprint density at radius 2 is 1.79 bits per heavy atom. The molecule has 2 N–H and O–H groups in total. The highest BCUT2D eigenvalue weighted by Crippen LogP contribution is 2.30. The van der Waals surface area contributed by atoms with E-state index in [1.54, 1.807) is 12.1 Å². The van der Waals surface area contributed by atoms with Crippen LogP contribution in [0.15, 0.2) is 42.6 Å². The smallest absolute Gasteiger partial charge is 0.416 e. The van der Waals surface area contributed by atoms with Crippen molar-refractivity contribution in [2.24, 2.45) is 0 Å². The molecule has 2 amide bonds. The number of urea groups is 1. The molecule has 6 nitrogen and oxygen atoms in total. The Balaban J connectivity index is 1.43. The second-order valence-corrected chi connectivity index (χ2v) is 6.76. The molecule has 2 aromatic rings. The highest BCUT2D eigenvalue weighted by atomic mass is 19.4. The van der Waals surface area contributed by atoms with Gasteiger partial charge in [-0.25, -0.2) is 9.78 Å². The fraction of sp³-hybridized carbons (Fsp3) is 0.350. The molecular weight excluding hydrogens is 385 g/mol. The van der Waals surface area contributed by atoms with Crippen LogP contribution in [0.1, 0.15) is 36.8 Å². The molecule has 0 radical (unpaired) electrons. The van der Waals surface area contributed by atoms with Crippen LogP contribution in [-0.2, 0) is 6.18 Å². The fourth-order valence-electron chi connectivity index (χ4n) is 3.11. The van der Waals surface area contributed by atoms with Crippen molar-refractivity contribution in [1.82, 2.24) is 10.3 Å². The summed E-state index contributed by atoms with van der Waals surface area (Å²) < 4.78 is 43.5. The quantitative estimate of drug-likeness (QED) is 0.786. The third-order valence-electron chi connectivity index (χ3n) is 4.63. The molecule has 1 heterocycles. The minimum absolute atomic E-state index is 0.0218. The highest BCUT2D eigenvalue weighted by molar-refractivity contribution is 5.89. The predicted molar refractivity (Wildman–Crippen MR) is 99.2 cm³/mol. The Morgan fingerprint density at radius 3 is 2.34 bits per heavy atom. The number of ether oxygens (including phenoxy) is 1. The molecule has 0 atom stereocenters. The standard InChI is InChI=1S/C20H19F3N4O2/c21-20(22,23)14-2-4-15(5-3-14)26-19(28)27-16-6-8-17(9-7-16)29-18-10-1-13(11-24)12-25-18/h1-5,10,12,16-17H,6-9H2,(H2,26,27,28). The second-order valence-electron chi connectivity index (χ2n) is 6.76. The lowest BCUT2D eigenvalue weighted by molar-refractivity contribution is -0.137. The van der Waals surface area contributed by atoms with E-state index in [4.69, 9.17) is 10.00 Å². The predicted octanol–water partition coefficient (Wildman–Crippen LogP) is 4.48. The van der Waals surface area contributed by atoms with Gasteiger partial charge in [0.05, 0.1) is 11.1 Å². The zero-order valence-electron chi connectivity index (χ0n) is 15.4. The summed E-state index contributed by atoms with van der Waals surface area (Å²) in [5.74, 6) is 0.459. The molecule has 1 aromatic heterocycles. The van der Waals surface area contributed by atoms with Gasteiger partial charge in [-0.1, -0.05) is 0 Å². The highest BCUT2D eigenvalue weighted by Gasteiger charge is 2.30. The molecule has 9 heteroatoms. The summed E-state index contributed by atoms with van der Waals surface area (Å²) in [5, 5.41) is 14.1. The van der Waals surface area contributed by atoms with Crippen molar-refractivity contribution in [1.29, 1.82) is 5.26 Å². The number of anilines is 1. The van der Waals surface area contributed by atoms with Crippen LogP contribution in [0.5, 0.6) is 5.88 Å². The van der Waals surface area contributed by atoms with E-state index in [1.165, 1.54) is 18.3 Å². The summed E-state index contributed by atoms with van der Waals surface area (Å²) >= 11 is 0. The largest absolute Gasteiger partial charge is 0.474 e. The molecule has 0 bridgehead atoms. The van der Waals surface area contributed by atoms with Crippen LogP contribution in [0, 0.1) is 11.3 Å². The SMILES string of the molecule is N#Cc1ccc(OC2CCC(NC(=O)Nc3ccc(C(F)(F)F)cc3)CC2)nc1. The number of rotatable bonds is 4. The summed E-state index contributed by atoms with van der Waals surface area (Å²) in [6, 6.07) is 9.08. The Bertz CT molecular complexity index is 869. The maximum Gasteiger partial charge on any atom is 0.416 e. The third-order valence-corrected chi connectivity index (χ3v) is 4.63. The molecule has 3 rings (SSSR count). The molecule has 1 aromatic carbocycles. The molecule has 1 aliphatic rings. The summed E-state index contributed by atoms with van der Waals surface area (Å²) in [6.45, 7) is 0. The van der Waals surface area contributed by atoms with Crippen molar-refractivity contribution in [3.63, 3.8) is 0 Å². The molecule has 29 heavy (non-hydrogen) atoms. The van der Waals surface area contributed by atoms with E-state index in [0.717, 1.165) is 25.0 Å². The minimum atomic E-state index is -4.41. The van der Waals surface area contributed by atoms with Crippen molar-refractivity contribution in [2.75, 3.05) is 5.32 Å². The summed E-state index contributed by atoms with van der Waals surface area (Å²) in [6.07, 6.45) is -0.0997. The number of hydrogen-bond acceptors (Lipinski definition) is 4. The van der Waals surface area contributed by atoms with Gasteiger partial charge in [0.15, 0.2) is 0 Å². The third kappa shape index (κ3) is 5.85. The Labute approximate surface area is 165 Å². The van der Waals surface area contributed by atoms with Crippen molar-refractivity contribution in [2.45, 2.75) is 44.0 Å². The topological polar surface area (TPSA) is 87.0 Å². The van der Waals surface area contributed by atoms with Gasteiger partial charge >= 0.3 is 12.2 Å². The van der Waals surface area contributed by atoms with Gasteiger partial charge in [-0.05, 0) is 56.0 Å². The Hall–Kier alpha value is -3.28. The number of hydrogen-bond donors (Lipinski definition) is 2. The van der Waals surface area contributed by atoms with Gasteiger partial charge in [-0.2, -0.15) is 18.4 Å². The number of benzene rings is 1. The van der Waals surface area contributed by atoms with E-state index in [0.29, 0.717) is 30.0 Å². The van der Waals surface area contributed by atoms with Gasteiger partial charge in [-0.3, -0.25) is 0 Å². The lowest BCUT2D eigenvalue weighted by atomic mass is 9.93. The molecular formula is C20H19F3N4O2. The van der Waals surface area contributed by atoms with E-state index < -0.39 is 17.8 Å². The van der Waals surface area contributed by atoms with Crippen LogP contribution < -0.4 is 15.4 Å². The van der Waals surface area contributed by atoms with Crippen molar-refractivity contribution in [3.05, 3.63) is 53.7 Å². The molecule has 0 spiro atoms. The Kier molecular flexibility index (Phi) is 6.22. The van der Waals surface area contributed by atoms with Gasteiger partial charge < -0.3 is 15.4 Å². The van der Waals surface area contributed by atoms with Crippen molar-refractivity contribution >= 4 is 11.7 Å². The van der Waals surface area contributed by atoms with Crippen LogP contribution >= 0.6 is 0 Å². The van der Waals surface area contributed by atoms with Gasteiger partial charge in [0, 0.05) is 24.0 Å². The number of nitriles is 1. The lowest BCUT2D eigenvalue weighted by Crippen LogP contribution is -2.41. The van der Waals surface area contributed by atoms with Crippen molar-refractivity contribution < 1.29 is 22.7 Å². The first-order valence-electron chi connectivity index (χ1n) is 9.11. The normalized spacial score (nSPS) is 19.1. The van der Waals surface area contributed by atoms with Crippen LogP contribution in [0.2, 0.25) is 0 Å². The van der Waals surface area contributed by atoms with E-state index in [-0.39, 0.29) is 12.1 Å². The molecule has 0 saturated heterocycles. The fourth-order valence-corrected chi connectivity index (χ4v) is 3.11. The number of nitrogens with one attached hydrogen (secondary N) is 2. The van der Waals surface area contributed by atoms with E-state index in [2.05, 4.69) is 15.6 Å². The van der Waals surface area contributed by atoms with E-state index in [1.807, 2.05) is 6.07 Å². The number of halogens is 3. The maximum absolute atomic E-state index is 12.6. The molecule has 0 aliphatic heterocycles. The van der Waals surface area contributed by atoms with Crippen LogP contribution in [-0.4, -0.2) is 23.2 Å². The number of nitrogens with zero attached hydrogens (tertiary/aromatic N) is 2. The van der Waals surface area contributed by atoms with Gasteiger partial charge in [-0.15, -0.1) is 0 Å². The number of alkyl halides is 3. The van der Waals surface area contributed by atoms with Gasteiger partial charge in [0.2, 0.25) is 5.88 Å². The number of aromatic nitrogens is 1. The number of pyridine rings is 1. The van der Waals surface area contributed by atoms with Crippen LogP contribution in [0.3, 0.4) is 0 Å². The first kappa shape index (κ1) is 20.5. The zero-order valence-corrected chi connectivity index (χ0v) is 15.4. The molecule has 152 valence electrons. The van der Waals surface area contributed by atoms with Crippen molar-refractivity contribution in [3.8, 4) is 11.9 Å². The van der Waals surface area contributed by atoms with Crippen LogP contribution in [0.4, 0.5) is 23.7 Å². The van der Waals surface area contributed by atoms with Gasteiger partial charge in [0.1, 0.15) is 12.2 Å². The first-order chi connectivity index (χ1) is 13.8. The maximum atomic E-state index is 12.6.